The summed E-state index contributed by atoms with van der Waals surface area (Å²) in [4.78, 5) is 40.2. The monoisotopic (exact) mass is 534 g/mol. The molecule has 1 aliphatic heterocycles. The van der Waals surface area contributed by atoms with Gasteiger partial charge in [0.2, 0.25) is 0 Å². The number of fused-ring (bicyclic) bond motifs is 1. The van der Waals surface area contributed by atoms with E-state index >= 15 is 0 Å². The third-order valence-corrected chi connectivity index (χ3v) is 6.54. The Morgan fingerprint density at radius 1 is 1.21 bits per heavy atom. The molecule has 0 aromatic carbocycles. The normalized spacial score (nSPS) is 20.1. The highest BCUT2D eigenvalue weighted by atomic mass is 16.6. The SMILES string of the molecule is C[C@@H](CNC(=O)OC(C)(C)C)OC(=O)N[C@@H](CCOC1CC(CCc2ccc3c(n2)NCCC3)C1)C(=O)O. The van der Waals surface area contributed by atoms with E-state index in [9.17, 15) is 19.5 Å². The zero-order valence-electron chi connectivity index (χ0n) is 22.9. The van der Waals surface area contributed by atoms with Gasteiger partial charge < -0.3 is 35.3 Å². The predicted molar refractivity (Wildman–Crippen MR) is 141 cm³/mol. The van der Waals surface area contributed by atoms with E-state index < -0.39 is 35.9 Å². The maximum absolute atomic E-state index is 12.1. The van der Waals surface area contributed by atoms with Crippen molar-refractivity contribution >= 4 is 24.0 Å². The molecule has 1 saturated carbocycles. The average Bonchev–Trinajstić information content (AvgIpc) is 2.81. The molecule has 212 valence electrons. The Hall–Kier alpha value is -3.08. The van der Waals surface area contributed by atoms with Crippen molar-refractivity contribution in [3.8, 4) is 0 Å². The summed E-state index contributed by atoms with van der Waals surface area (Å²) in [6, 6.07) is 3.18. The summed E-state index contributed by atoms with van der Waals surface area (Å²) in [6.45, 7) is 8.05. The molecular formula is C27H42N4O7. The number of aromatic nitrogens is 1. The fraction of sp³-hybridized carbons (Fsp3) is 0.704. The van der Waals surface area contributed by atoms with E-state index in [-0.39, 0.29) is 25.7 Å². The van der Waals surface area contributed by atoms with Crippen LogP contribution in [0, 0.1) is 5.92 Å². The number of nitrogens with zero attached hydrogens (tertiary/aromatic N) is 1. The number of carbonyl (C=O) groups excluding carboxylic acids is 2. The van der Waals surface area contributed by atoms with E-state index in [2.05, 4.69) is 28.1 Å². The Kier molecular flexibility index (Phi) is 10.6. The molecule has 0 bridgehead atoms. The van der Waals surface area contributed by atoms with Gasteiger partial charge in [-0.15, -0.1) is 0 Å². The number of aliphatic carboxylic acids is 1. The van der Waals surface area contributed by atoms with Crippen molar-refractivity contribution in [3.05, 3.63) is 23.4 Å². The lowest BCUT2D eigenvalue weighted by Crippen LogP contribution is -2.44. The standard InChI is InChI=1S/C27H42N4O7/c1-17(16-29-25(34)38-27(2,3)4)37-26(35)31-22(24(32)33)11-13-36-21-14-18(15-21)7-9-20-10-8-19-6-5-12-28-23(19)30-20/h8,10,17-18,21-22H,5-7,9,11-16H2,1-4H3,(H,28,30)(H,29,34)(H,31,35)(H,32,33)/t17-,18?,21?,22-/m0/s1. The molecule has 2 amide bonds. The highest BCUT2D eigenvalue weighted by molar-refractivity contribution is 5.79. The van der Waals surface area contributed by atoms with Crippen LogP contribution in [0.3, 0.4) is 0 Å². The van der Waals surface area contributed by atoms with Crippen LogP contribution in [-0.2, 0) is 31.8 Å². The highest BCUT2D eigenvalue weighted by Crippen LogP contribution is 2.34. The van der Waals surface area contributed by atoms with Gasteiger partial charge in [-0.25, -0.2) is 19.4 Å². The topological polar surface area (TPSA) is 148 Å². The fourth-order valence-corrected chi connectivity index (χ4v) is 4.46. The molecule has 1 aliphatic carbocycles. The number of aryl methyl sites for hydroxylation is 2. The van der Waals surface area contributed by atoms with E-state index in [1.165, 1.54) is 5.56 Å². The number of rotatable bonds is 12. The molecule has 3 rings (SSSR count). The highest BCUT2D eigenvalue weighted by Gasteiger charge is 2.30. The smallest absolute Gasteiger partial charge is 0.408 e. The number of carboxylic acids is 1. The Morgan fingerprint density at radius 2 is 1.97 bits per heavy atom. The van der Waals surface area contributed by atoms with Crippen molar-refractivity contribution in [2.75, 3.05) is 25.0 Å². The average molecular weight is 535 g/mol. The molecule has 0 unspecified atom stereocenters. The molecule has 4 N–H and O–H groups in total. The molecule has 38 heavy (non-hydrogen) atoms. The van der Waals surface area contributed by atoms with Crippen LogP contribution in [0.4, 0.5) is 15.4 Å². The van der Waals surface area contributed by atoms with Crippen LogP contribution in [0.25, 0.3) is 0 Å². The van der Waals surface area contributed by atoms with Crippen molar-refractivity contribution in [1.29, 1.82) is 0 Å². The summed E-state index contributed by atoms with van der Waals surface area (Å²) in [5.41, 5.74) is 1.77. The third kappa shape index (κ3) is 10.00. The van der Waals surface area contributed by atoms with E-state index in [1.807, 2.05) is 0 Å². The second-order valence-electron chi connectivity index (χ2n) is 11.1. The lowest BCUT2D eigenvalue weighted by Gasteiger charge is -2.35. The molecule has 1 fully saturated rings. The maximum Gasteiger partial charge on any atom is 0.408 e. The first-order chi connectivity index (χ1) is 18.0. The lowest BCUT2D eigenvalue weighted by molar-refractivity contribution is -0.140. The van der Waals surface area contributed by atoms with Gasteiger partial charge in [-0.2, -0.15) is 0 Å². The quantitative estimate of drug-likeness (QED) is 0.315. The van der Waals surface area contributed by atoms with Crippen molar-refractivity contribution in [1.82, 2.24) is 15.6 Å². The molecule has 2 aliphatic rings. The van der Waals surface area contributed by atoms with Crippen molar-refractivity contribution in [2.45, 2.75) is 96.5 Å². The first-order valence-electron chi connectivity index (χ1n) is 13.5. The van der Waals surface area contributed by atoms with Crippen molar-refractivity contribution in [2.24, 2.45) is 5.92 Å². The van der Waals surface area contributed by atoms with Crippen LogP contribution < -0.4 is 16.0 Å². The zero-order valence-corrected chi connectivity index (χ0v) is 22.9. The molecule has 2 atom stereocenters. The van der Waals surface area contributed by atoms with Crippen LogP contribution in [0.5, 0.6) is 0 Å². The maximum atomic E-state index is 12.1. The van der Waals surface area contributed by atoms with Crippen LogP contribution in [0.1, 0.15) is 71.1 Å². The van der Waals surface area contributed by atoms with Gasteiger partial charge in [0.15, 0.2) is 0 Å². The number of nitrogens with one attached hydrogen (secondary N) is 3. The minimum Gasteiger partial charge on any atom is -0.480 e. The van der Waals surface area contributed by atoms with Gasteiger partial charge >= 0.3 is 18.2 Å². The molecule has 0 saturated heterocycles. The molecule has 11 heteroatoms. The Bertz CT molecular complexity index is 959. The molecule has 2 heterocycles. The van der Waals surface area contributed by atoms with Crippen LogP contribution in [0.15, 0.2) is 12.1 Å². The van der Waals surface area contributed by atoms with E-state index in [4.69, 9.17) is 19.2 Å². The summed E-state index contributed by atoms with van der Waals surface area (Å²) in [7, 11) is 0. The summed E-state index contributed by atoms with van der Waals surface area (Å²) >= 11 is 0. The summed E-state index contributed by atoms with van der Waals surface area (Å²) in [5, 5.41) is 17.7. The molecule has 11 nitrogen and oxygen atoms in total. The fourth-order valence-electron chi connectivity index (χ4n) is 4.46. The predicted octanol–water partition coefficient (Wildman–Crippen LogP) is 3.65. The Morgan fingerprint density at radius 3 is 2.68 bits per heavy atom. The van der Waals surface area contributed by atoms with Gasteiger partial charge in [-0.1, -0.05) is 6.07 Å². The summed E-state index contributed by atoms with van der Waals surface area (Å²) in [6.07, 6.45) is 4.18. The van der Waals surface area contributed by atoms with Crippen molar-refractivity contribution < 1.29 is 33.7 Å². The number of alkyl carbamates (subject to hydrolysis) is 2. The minimum absolute atomic E-state index is 0.0332. The number of amides is 2. The van der Waals surface area contributed by atoms with Crippen LogP contribution in [0.2, 0.25) is 0 Å². The number of pyridine rings is 1. The molecule has 0 spiro atoms. The Balaban J connectivity index is 1.28. The third-order valence-electron chi connectivity index (χ3n) is 6.54. The number of carboxylic acid groups (broad SMARTS) is 1. The molecule has 1 aromatic heterocycles. The van der Waals surface area contributed by atoms with Gasteiger partial charge in [-0.3, -0.25) is 0 Å². The first-order valence-corrected chi connectivity index (χ1v) is 13.5. The van der Waals surface area contributed by atoms with Gasteiger partial charge in [0.25, 0.3) is 0 Å². The molecule has 1 aromatic rings. The minimum atomic E-state index is -1.16. The van der Waals surface area contributed by atoms with Gasteiger partial charge in [0, 0.05) is 25.3 Å². The second kappa shape index (κ2) is 13.6. The van der Waals surface area contributed by atoms with Crippen LogP contribution >= 0.6 is 0 Å². The van der Waals surface area contributed by atoms with Crippen molar-refractivity contribution in [3.63, 3.8) is 0 Å². The lowest BCUT2D eigenvalue weighted by atomic mass is 9.79. The summed E-state index contributed by atoms with van der Waals surface area (Å²) in [5.74, 6) is 0.439. The van der Waals surface area contributed by atoms with Gasteiger partial charge in [0.1, 0.15) is 23.6 Å². The zero-order chi connectivity index (χ0) is 27.7. The Labute approximate surface area is 224 Å². The second-order valence-corrected chi connectivity index (χ2v) is 11.1. The van der Waals surface area contributed by atoms with E-state index in [1.54, 1.807) is 27.7 Å². The number of carbonyl (C=O) groups is 3. The molecular weight excluding hydrogens is 492 g/mol. The van der Waals surface area contributed by atoms with E-state index in [0.717, 1.165) is 56.6 Å². The first kappa shape index (κ1) is 29.5. The van der Waals surface area contributed by atoms with Gasteiger partial charge in [0.05, 0.1) is 12.6 Å². The number of hydrogen-bond acceptors (Lipinski definition) is 8. The summed E-state index contributed by atoms with van der Waals surface area (Å²) < 4.78 is 16.1. The van der Waals surface area contributed by atoms with Crippen LogP contribution in [-0.4, -0.2) is 71.8 Å². The van der Waals surface area contributed by atoms with E-state index in [0.29, 0.717) is 5.92 Å². The number of hydrogen-bond donors (Lipinski definition) is 4. The molecule has 0 radical (unpaired) electrons. The largest absolute Gasteiger partial charge is 0.480 e. The number of ether oxygens (including phenoxy) is 3. The number of anilines is 1. The van der Waals surface area contributed by atoms with Gasteiger partial charge in [-0.05, 0) is 83.8 Å².